The number of anilines is 1. The fourth-order valence-corrected chi connectivity index (χ4v) is 4.59. The second-order valence-corrected chi connectivity index (χ2v) is 8.04. The molecule has 8 nitrogen and oxygen atoms in total. The molecule has 3 heterocycles. The summed E-state index contributed by atoms with van der Waals surface area (Å²) in [6, 6.07) is 9.56. The van der Waals surface area contributed by atoms with Gasteiger partial charge in [0.05, 0.1) is 12.8 Å². The van der Waals surface area contributed by atoms with Gasteiger partial charge in [0.25, 0.3) is 5.91 Å². The highest BCUT2D eigenvalue weighted by Gasteiger charge is 2.43. The SMILES string of the molecule is CCCN1C(=O)c2sccc2N2C(CCC(=O)NCc3ccccc3OC)=NNC12. The number of para-hydroxylation sites is 1. The topological polar surface area (TPSA) is 86.3 Å². The smallest absolute Gasteiger partial charge is 0.269 e. The minimum absolute atomic E-state index is 0.0293. The molecule has 2 aliphatic heterocycles. The summed E-state index contributed by atoms with van der Waals surface area (Å²) in [6.07, 6.45) is 1.32. The number of nitrogens with one attached hydrogen (secondary N) is 2. The number of rotatable bonds is 8. The molecule has 4 rings (SSSR count). The van der Waals surface area contributed by atoms with Crippen LogP contribution in [0.1, 0.15) is 41.4 Å². The van der Waals surface area contributed by atoms with Crippen molar-refractivity contribution in [3.8, 4) is 5.75 Å². The quantitative estimate of drug-likeness (QED) is 0.677. The highest BCUT2D eigenvalue weighted by atomic mass is 32.1. The lowest BCUT2D eigenvalue weighted by Crippen LogP contribution is -2.58. The van der Waals surface area contributed by atoms with Gasteiger partial charge in [-0.1, -0.05) is 25.1 Å². The van der Waals surface area contributed by atoms with E-state index < -0.39 is 0 Å². The third-order valence-electron chi connectivity index (χ3n) is 5.19. The molecule has 2 aromatic rings. The van der Waals surface area contributed by atoms with Crippen LogP contribution < -0.4 is 20.4 Å². The van der Waals surface area contributed by atoms with Crippen molar-refractivity contribution in [3.05, 3.63) is 46.2 Å². The molecule has 2 N–H and O–H groups in total. The summed E-state index contributed by atoms with van der Waals surface area (Å²) in [4.78, 5) is 29.8. The van der Waals surface area contributed by atoms with Crippen molar-refractivity contribution in [2.24, 2.45) is 5.10 Å². The molecule has 0 fully saturated rings. The average molecular weight is 428 g/mol. The van der Waals surface area contributed by atoms with Crippen LogP contribution in [-0.4, -0.2) is 42.5 Å². The summed E-state index contributed by atoms with van der Waals surface area (Å²) < 4.78 is 5.33. The van der Waals surface area contributed by atoms with Gasteiger partial charge in [-0.3, -0.25) is 24.8 Å². The van der Waals surface area contributed by atoms with Gasteiger partial charge in [-0.05, 0) is 23.9 Å². The van der Waals surface area contributed by atoms with E-state index in [2.05, 4.69) is 15.8 Å². The van der Waals surface area contributed by atoms with Crippen LogP contribution in [0.3, 0.4) is 0 Å². The van der Waals surface area contributed by atoms with Crippen LogP contribution in [0.5, 0.6) is 5.75 Å². The van der Waals surface area contributed by atoms with Crippen LogP contribution in [0.25, 0.3) is 0 Å². The Morgan fingerprint density at radius 2 is 2.17 bits per heavy atom. The molecule has 30 heavy (non-hydrogen) atoms. The maximum atomic E-state index is 12.8. The molecule has 0 saturated heterocycles. The first-order valence-electron chi connectivity index (χ1n) is 10.0. The van der Waals surface area contributed by atoms with E-state index in [-0.39, 0.29) is 18.1 Å². The zero-order valence-electron chi connectivity index (χ0n) is 17.1. The lowest BCUT2D eigenvalue weighted by Gasteiger charge is -2.39. The van der Waals surface area contributed by atoms with Crippen LogP contribution in [-0.2, 0) is 11.3 Å². The Hall–Kier alpha value is -3.07. The number of hydrazone groups is 1. The van der Waals surface area contributed by atoms with Crippen LogP contribution in [0, 0.1) is 0 Å². The minimum Gasteiger partial charge on any atom is -0.496 e. The van der Waals surface area contributed by atoms with Gasteiger partial charge in [-0.2, -0.15) is 5.10 Å². The number of methoxy groups -OCH3 is 1. The van der Waals surface area contributed by atoms with E-state index in [9.17, 15) is 9.59 Å². The number of amidine groups is 1. The first-order chi connectivity index (χ1) is 14.6. The van der Waals surface area contributed by atoms with Crippen molar-refractivity contribution in [1.29, 1.82) is 0 Å². The lowest BCUT2D eigenvalue weighted by atomic mass is 10.1. The number of carbonyl (C=O) groups is 2. The number of amides is 2. The van der Waals surface area contributed by atoms with Gasteiger partial charge in [-0.25, -0.2) is 0 Å². The molecule has 2 amide bonds. The summed E-state index contributed by atoms with van der Waals surface area (Å²) in [6.45, 7) is 3.10. The summed E-state index contributed by atoms with van der Waals surface area (Å²) >= 11 is 1.44. The maximum Gasteiger partial charge on any atom is 0.269 e. The number of thiophene rings is 1. The van der Waals surface area contributed by atoms with Gasteiger partial charge < -0.3 is 10.1 Å². The molecule has 9 heteroatoms. The second-order valence-electron chi connectivity index (χ2n) is 7.12. The van der Waals surface area contributed by atoms with Gasteiger partial charge in [0, 0.05) is 31.5 Å². The monoisotopic (exact) mass is 427 g/mol. The summed E-state index contributed by atoms with van der Waals surface area (Å²) in [7, 11) is 1.62. The zero-order chi connectivity index (χ0) is 21.1. The first-order valence-corrected chi connectivity index (χ1v) is 10.9. The molecule has 0 bridgehead atoms. The Kier molecular flexibility index (Phi) is 5.89. The lowest BCUT2D eigenvalue weighted by molar-refractivity contribution is -0.121. The van der Waals surface area contributed by atoms with Crippen molar-refractivity contribution < 1.29 is 14.3 Å². The van der Waals surface area contributed by atoms with Crippen LogP contribution in [0.2, 0.25) is 0 Å². The number of fused-ring (bicyclic) bond motifs is 3. The van der Waals surface area contributed by atoms with E-state index in [0.717, 1.165) is 34.1 Å². The molecule has 1 aromatic heterocycles. The Bertz CT molecular complexity index is 973. The molecule has 2 aliphatic rings. The van der Waals surface area contributed by atoms with Crippen molar-refractivity contribution in [2.45, 2.75) is 39.0 Å². The summed E-state index contributed by atoms with van der Waals surface area (Å²) in [5.41, 5.74) is 4.87. The molecule has 0 aliphatic carbocycles. The number of hydrogen-bond acceptors (Lipinski definition) is 7. The normalized spacial score (nSPS) is 17.2. The highest BCUT2D eigenvalue weighted by Crippen LogP contribution is 2.36. The molecule has 1 unspecified atom stereocenters. The predicted octanol–water partition coefficient (Wildman–Crippen LogP) is 2.73. The number of benzene rings is 1. The fourth-order valence-electron chi connectivity index (χ4n) is 3.76. The van der Waals surface area contributed by atoms with Gasteiger partial charge in [0.1, 0.15) is 16.5 Å². The Morgan fingerprint density at radius 3 is 2.97 bits per heavy atom. The highest BCUT2D eigenvalue weighted by molar-refractivity contribution is 7.12. The van der Waals surface area contributed by atoms with E-state index in [1.165, 1.54) is 11.3 Å². The van der Waals surface area contributed by atoms with Crippen molar-refractivity contribution >= 4 is 34.7 Å². The van der Waals surface area contributed by atoms with E-state index >= 15 is 0 Å². The number of nitrogens with zero attached hydrogens (tertiary/aromatic N) is 3. The summed E-state index contributed by atoms with van der Waals surface area (Å²) in [5.74, 6) is 1.49. The van der Waals surface area contributed by atoms with Gasteiger partial charge in [0.2, 0.25) is 12.2 Å². The maximum absolute atomic E-state index is 12.8. The van der Waals surface area contributed by atoms with E-state index in [0.29, 0.717) is 25.9 Å². The second kappa shape index (κ2) is 8.74. The van der Waals surface area contributed by atoms with E-state index in [1.807, 2.05) is 47.5 Å². The predicted molar refractivity (Wildman–Crippen MR) is 117 cm³/mol. The third-order valence-corrected chi connectivity index (χ3v) is 6.09. The minimum atomic E-state index is -0.328. The van der Waals surface area contributed by atoms with Crippen LogP contribution in [0.15, 0.2) is 40.8 Å². The molecule has 0 spiro atoms. The van der Waals surface area contributed by atoms with Gasteiger partial charge >= 0.3 is 0 Å². The molecule has 158 valence electrons. The first kappa shape index (κ1) is 20.2. The molecule has 1 atom stereocenters. The average Bonchev–Trinajstić information content (AvgIpc) is 3.41. The molecule has 0 saturated carbocycles. The Balaban J connectivity index is 1.39. The largest absolute Gasteiger partial charge is 0.496 e. The van der Waals surface area contributed by atoms with Crippen LogP contribution >= 0.6 is 11.3 Å². The van der Waals surface area contributed by atoms with E-state index in [4.69, 9.17) is 4.74 Å². The molecular weight excluding hydrogens is 402 g/mol. The number of ether oxygens (including phenoxy) is 1. The van der Waals surface area contributed by atoms with Gasteiger partial charge in [0.15, 0.2) is 0 Å². The van der Waals surface area contributed by atoms with Gasteiger partial charge in [-0.15, -0.1) is 11.3 Å². The molecule has 1 aromatic carbocycles. The standard InChI is InChI=1S/C21H25N5O3S/c1-3-11-25-20(28)19-15(10-12-30-19)26-17(23-24-21(25)26)8-9-18(27)22-13-14-6-4-5-7-16(14)29-2/h4-7,10,12,21,24H,3,8-9,11,13H2,1-2H3,(H,22,27). The van der Waals surface area contributed by atoms with Crippen molar-refractivity contribution in [1.82, 2.24) is 15.6 Å². The summed E-state index contributed by atoms with van der Waals surface area (Å²) in [5, 5.41) is 9.31. The van der Waals surface area contributed by atoms with E-state index in [1.54, 1.807) is 12.0 Å². The fraction of sp³-hybridized carbons (Fsp3) is 0.381. The number of hydrogen-bond donors (Lipinski definition) is 2. The Morgan fingerprint density at radius 1 is 1.33 bits per heavy atom. The van der Waals surface area contributed by atoms with Crippen LogP contribution in [0.4, 0.5) is 5.69 Å². The Labute approximate surface area is 179 Å². The van der Waals surface area contributed by atoms with Crippen molar-refractivity contribution in [3.63, 3.8) is 0 Å². The third kappa shape index (κ3) is 3.72. The number of carbonyl (C=O) groups excluding carboxylic acids is 2. The van der Waals surface area contributed by atoms with Crippen molar-refractivity contribution in [2.75, 3.05) is 18.6 Å². The molecular formula is C21H25N5O3S. The molecule has 0 radical (unpaired) electrons. The zero-order valence-corrected chi connectivity index (χ0v) is 17.9.